The topological polar surface area (TPSA) is 93.2 Å². The molecule has 1 heterocycles. The summed E-state index contributed by atoms with van der Waals surface area (Å²) in [6.07, 6.45) is -6.45. The minimum atomic E-state index is -5.05. The van der Waals surface area contributed by atoms with Crippen LogP contribution in [0.2, 0.25) is 0 Å². The van der Waals surface area contributed by atoms with E-state index in [9.17, 15) is 35.6 Å². The van der Waals surface area contributed by atoms with Gasteiger partial charge < -0.3 is 9.47 Å². The number of hydrogen-bond acceptors (Lipinski definition) is 7. The first kappa shape index (κ1) is 31.6. The molecule has 0 aliphatic heterocycles. The molecule has 8 nitrogen and oxygen atoms in total. The van der Waals surface area contributed by atoms with Crippen molar-refractivity contribution in [3.05, 3.63) is 63.9 Å². The lowest BCUT2D eigenvalue weighted by molar-refractivity contribution is -0.143. The van der Waals surface area contributed by atoms with Gasteiger partial charge in [-0.05, 0) is 67.4 Å². The molecular formula is C25H25BrF4N2O6S2. The highest BCUT2D eigenvalue weighted by Gasteiger charge is 2.41. The predicted octanol–water partition coefficient (Wildman–Crippen LogP) is 6.87. The molecule has 0 saturated heterocycles. The number of thiophene rings is 1. The fourth-order valence-corrected chi connectivity index (χ4v) is 7.26. The third kappa shape index (κ3) is 7.23. The van der Waals surface area contributed by atoms with Crippen LogP contribution in [-0.4, -0.2) is 43.5 Å². The molecule has 3 rings (SSSR count). The normalized spacial score (nSPS) is 12.3. The van der Waals surface area contributed by atoms with Crippen LogP contribution in [0.4, 0.5) is 27.4 Å². The largest absolute Gasteiger partial charge is 0.465 e. The van der Waals surface area contributed by atoms with Gasteiger partial charge in [0, 0.05) is 10.1 Å². The smallest absolute Gasteiger partial charge is 0.426 e. The Labute approximate surface area is 240 Å². The Kier molecular flexibility index (Phi) is 9.41. The summed E-state index contributed by atoms with van der Waals surface area (Å²) in [5.74, 6) is -2.60. The molecule has 15 heteroatoms. The maximum absolute atomic E-state index is 14.1. The Hall–Kier alpha value is -2.91. The number of benzene rings is 2. The van der Waals surface area contributed by atoms with E-state index in [0.717, 1.165) is 17.4 Å². The average molecular weight is 670 g/mol. The molecule has 40 heavy (non-hydrogen) atoms. The van der Waals surface area contributed by atoms with Crippen molar-refractivity contribution >= 4 is 64.6 Å². The van der Waals surface area contributed by atoms with Gasteiger partial charge in [0.1, 0.15) is 23.0 Å². The van der Waals surface area contributed by atoms with Crippen molar-refractivity contribution in [2.45, 2.75) is 46.0 Å². The third-order valence-electron chi connectivity index (χ3n) is 5.14. The summed E-state index contributed by atoms with van der Waals surface area (Å²) in [5, 5.41) is 0.587. The number of nitrogens with zero attached hydrogens (tertiary/aromatic N) is 2. The van der Waals surface area contributed by atoms with E-state index in [4.69, 9.17) is 9.47 Å². The lowest BCUT2D eigenvalue weighted by Crippen LogP contribution is -2.50. The summed E-state index contributed by atoms with van der Waals surface area (Å²) >= 11 is 4.34. The molecule has 218 valence electrons. The van der Waals surface area contributed by atoms with E-state index in [2.05, 4.69) is 15.9 Å². The fraction of sp³-hybridized carbons (Fsp3) is 0.360. The van der Waals surface area contributed by atoms with Crippen molar-refractivity contribution in [1.82, 2.24) is 4.31 Å². The van der Waals surface area contributed by atoms with Gasteiger partial charge in [0.25, 0.3) is 0 Å². The summed E-state index contributed by atoms with van der Waals surface area (Å²) in [5.41, 5.74) is -2.99. The van der Waals surface area contributed by atoms with Crippen LogP contribution in [0.3, 0.4) is 0 Å². The number of carbonyl (C=O) groups excluding carboxylic acids is 2. The molecule has 0 aliphatic carbocycles. The van der Waals surface area contributed by atoms with Crippen LogP contribution < -0.4 is 4.31 Å². The van der Waals surface area contributed by atoms with Gasteiger partial charge in [0.05, 0.1) is 23.2 Å². The summed E-state index contributed by atoms with van der Waals surface area (Å²) in [6, 6.07) is 8.85. The minimum absolute atomic E-state index is 0.00324. The van der Waals surface area contributed by atoms with Crippen LogP contribution in [0.25, 0.3) is 10.1 Å². The van der Waals surface area contributed by atoms with Crippen molar-refractivity contribution in [1.29, 1.82) is 0 Å². The third-order valence-corrected chi connectivity index (χ3v) is 9.22. The van der Waals surface area contributed by atoms with E-state index in [0.29, 0.717) is 26.5 Å². The Balaban J connectivity index is 2.22. The van der Waals surface area contributed by atoms with Gasteiger partial charge in [-0.15, -0.1) is 11.3 Å². The quantitative estimate of drug-likeness (QED) is 0.192. The molecular weight excluding hydrogens is 644 g/mol. The fourth-order valence-electron chi connectivity index (χ4n) is 3.47. The summed E-state index contributed by atoms with van der Waals surface area (Å²) < 4.78 is 94.3. The van der Waals surface area contributed by atoms with Crippen molar-refractivity contribution in [3.63, 3.8) is 0 Å². The van der Waals surface area contributed by atoms with E-state index >= 15 is 0 Å². The minimum Gasteiger partial charge on any atom is -0.465 e. The summed E-state index contributed by atoms with van der Waals surface area (Å²) in [7, 11) is -5.03. The van der Waals surface area contributed by atoms with Crippen LogP contribution in [0.5, 0.6) is 0 Å². The molecule has 1 aromatic heterocycles. The van der Waals surface area contributed by atoms with Crippen molar-refractivity contribution in [2.75, 3.05) is 17.5 Å². The van der Waals surface area contributed by atoms with Gasteiger partial charge in [-0.3, -0.25) is 4.79 Å². The van der Waals surface area contributed by atoms with Crippen LogP contribution >= 0.6 is 27.3 Å². The van der Waals surface area contributed by atoms with Gasteiger partial charge in [-0.2, -0.15) is 25.9 Å². The molecule has 3 aromatic rings. The number of halogens is 5. The summed E-state index contributed by atoms with van der Waals surface area (Å²) in [6.45, 7) is 4.01. The molecule has 1 amide bonds. The molecule has 0 atom stereocenters. The standard InChI is InChI=1S/C25H25BrF4N2O6S2/c1-5-37-20(33)14-32(23(34)38-24(2,3)4)40(35,36)31(22-21(26)16-8-6-7-9-19(16)39-22)13-15-10-11-18(27)17(12-15)25(28,29)30/h6-12H,5,13-14H2,1-4H3. The number of amides is 1. The zero-order valence-electron chi connectivity index (χ0n) is 21.7. The Bertz CT molecular complexity index is 1520. The molecule has 0 N–H and O–H groups in total. The van der Waals surface area contributed by atoms with Gasteiger partial charge in [0.15, 0.2) is 0 Å². The summed E-state index contributed by atoms with van der Waals surface area (Å²) in [4.78, 5) is 25.5. The molecule has 2 aromatic carbocycles. The average Bonchev–Trinajstić information content (AvgIpc) is 3.16. The van der Waals surface area contributed by atoms with E-state index in [-0.39, 0.29) is 25.9 Å². The van der Waals surface area contributed by atoms with Crippen molar-refractivity contribution in [2.24, 2.45) is 0 Å². The Morgan fingerprint density at radius 3 is 2.30 bits per heavy atom. The van der Waals surface area contributed by atoms with E-state index in [1.807, 2.05) is 0 Å². The SMILES string of the molecule is CCOC(=O)CN(C(=O)OC(C)(C)C)S(=O)(=O)N(Cc1ccc(F)c(C(F)(F)F)c1)c1sc2ccccc2c1Br. The van der Waals surface area contributed by atoms with Crippen LogP contribution in [0.15, 0.2) is 46.9 Å². The number of alkyl halides is 3. The molecule has 0 aliphatic rings. The monoisotopic (exact) mass is 668 g/mol. The zero-order chi connectivity index (χ0) is 30.0. The van der Waals surface area contributed by atoms with Gasteiger partial charge >= 0.3 is 28.4 Å². The highest BCUT2D eigenvalue weighted by Crippen LogP contribution is 2.44. The second kappa shape index (κ2) is 11.9. The van der Waals surface area contributed by atoms with Gasteiger partial charge in [-0.1, -0.05) is 24.3 Å². The lowest BCUT2D eigenvalue weighted by atomic mass is 10.1. The number of hydrogen-bond donors (Lipinski definition) is 0. The number of fused-ring (bicyclic) bond motifs is 1. The molecule has 0 saturated carbocycles. The van der Waals surface area contributed by atoms with Crippen LogP contribution in [0.1, 0.15) is 38.8 Å². The first-order chi connectivity index (χ1) is 18.5. The van der Waals surface area contributed by atoms with E-state index in [1.165, 1.54) is 27.7 Å². The number of ether oxygens (including phenoxy) is 2. The zero-order valence-corrected chi connectivity index (χ0v) is 24.9. The predicted molar refractivity (Wildman–Crippen MR) is 146 cm³/mol. The second-order valence-electron chi connectivity index (χ2n) is 9.34. The van der Waals surface area contributed by atoms with Crippen molar-refractivity contribution < 1.29 is 45.0 Å². The first-order valence-electron chi connectivity index (χ1n) is 11.7. The highest BCUT2D eigenvalue weighted by atomic mass is 79.9. The highest BCUT2D eigenvalue weighted by molar-refractivity contribution is 9.10. The lowest BCUT2D eigenvalue weighted by Gasteiger charge is -2.31. The molecule has 0 bridgehead atoms. The van der Waals surface area contributed by atoms with Crippen LogP contribution in [-0.2, 0) is 37.2 Å². The molecule has 0 unspecified atom stereocenters. The van der Waals surface area contributed by atoms with Crippen molar-refractivity contribution in [3.8, 4) is 0 Å². The maximum Gasteiger partial charge on any atom is 0.426 e. The van der Waals surface area contributed by atoms with Gasteiger partial charge in [-0.25, -0.2) is 13.5 Å². The molecule has 0 radical (unpaired) electrons. The Morgan fingerprint density at radius 2 is 1.73 bits per heavy atom. The molecule has 0 spiro atoms. The Morgan fingerprint density at radius 1 is 1.07 bits per heavy atom. The number of rotatable bonds is 8. The number of anilines is 1. The number of esters is 1. The second-order valence-corrected chi connectivity index (χ2v) is 12.9. The van der Waals surface area contributed by atoms with E-state index in [1.54, 1.807) is 24.3 Å². The first-order valence-corrected chi connectivity index (χ1v) is 14.7. The number of carbonyl (C=O) groups is 2. The van der Waals surface area contributed by atoms with E-state index < -0.39 is 58.5 Å². The van der Waals surface area contributed by atoms with Crippen LogP contribution in [0, 0.1) is 5.82 Å². The maximum atomic E-state index is 14.1. The van der Waals surface area contributed by atoms with Gasteiger partial charge in [0.2, 0.25) is 0 Å². The molecule has 0 fully saturated rings.